The highest BCUT2D eigenvalue weighted by atomic mass is 19.4. The molecule has 1 aromatic heterocycles. The van der Waals surface area contributed by atoms with Gasteiger partial charge in [-0.15, -0.1) is 5.11 Å². The topological polar surface area (TPSA) is 106 Å². The van der Waals surface area contributed by atoms with Crippen LogP contribution < -0.4 is 5.56 Å². The molecule has 0 fully saturated rings. The zero-order valence-corrected chi connectivity index (χ0v) is 14.3. The summed E-state index contributed by atoms with van der Waals surface area (Å²) in [6.07, 6.45) is -4.75. The Bertz CT molecular complexity index is 1120. The van der Waals surface area contributed by atoms with Gasteiger partial charge in [-0.3, -0.25) is 20.0 Å². The molecule has 1 heterocycles. The SMILES string of the molecule is Cc1[nH]n(-c2ccc(C(F)(F)F)cc2[N+](=O)[O-])c(=O)c1N=Nc1ccccc1. The van der Waals surface area contributed by atoms with Gasteiger partial charge in [0, 0.05) is 6.07 Å². The number of alkyl halides is 3. The largest absolute Gasteiger partial charge is 0.416 e. The van der Waals surface area contributed by atoms with Gasteiger partial charge in [0.05, 0.1) is 21.9 Å². The van der Waals surface area contributed by atoms with E-state index >= 15 is 0 Å². The number of H-pyrrole nitrogens is 1. The first kappa shape index (κ1) is 19.0. The van der Waals surface area contributed by atoms with Gasteiger partial charge in [-0.1, -0.05) is 18.2 Å². The van der Waals surface area contributed by atoms with Crippen molar-refractivity contribution in [1.29, 1.82) is 0 Å². The molecule has 3 aromatic rings. The highest BCUT2D eigenvalue weighted by molar-refractivity contribution is 5.56. The summed E-state index contributed by atoms with van der Waals surface area (Å²) in [5.41, 5.74) is -2.56. The third-order valence-electron chi connectivity index (χ3n) is 3.80. The second kappa shape index (κ2) is 7.10. The molecule has 0 bridgehead atoms. The predicted molar refractivity (Wildman–Crippen MR) is 93.4 cm³/mol. The van der Waals surface area contributed by atoms with Crippen LogP contribution in [0.2, 0.25) is 0 Å². The highest BCUT2D eigenvalue weighted by Crippen LogP contribution is 2.34. The Morgan fingerprint density at radius 2 is 1.79 bits per heavy atom. The minimum absolute atomic E-state index is 0.113. The standard InChI is InChI=1S/C17H12F3N5O3/c1-10-15(22-21-12-5-3-2-4-6-12)16(26)24(23-10)13-8-7-11(17(18,19)20)9-14(13)25(27)28/h2-9,23H,1H3. The molecule has 0 saturated carbocycles. The van der Waals surface area contributed by atoms with Crippen molar-refractivity contribution in [1.82, 2.24) is 9.78 Å². The maximum Gasteiger partial charge on any atom is 0.416 e. The van der Waals surface area contributed by atoms with Crippen LogP contribution in [-0.2, 0) is 6.18 Å². The molecule has 0 amide bonds. The molecule has 0 aliphatic rings. The number of aromatic amines is 1. The third kappa shape index (κ3) is 3.68. The lowest BCUT2D eigenvalue weighted by Gasteiger charge is -2.08. The molecule has 0 saturated heterocycles. The van der Waals surface area contributed by atoms with Crippen LogP contribution in [0, 0.1) is 17.0 Å². The number of halogens is 3. The Hall–Kier alpha value is -3.76. The first-order chi connectivity index (χ1) is 13.2. The molecule has 0 radical (unpaired) electrons. The number of benzene rings is 2. The van der Waals surface area contributed by atoms with E-state index in [2.05, 4.69) is 15.3 Å². The highest BCUT2D eigenvalue weighted by Gasteiger charge is 2.33. The van der Waals surface area contributed by atoms with E-state index in [1.165, 1.54) is 6.92 Å². The Kier molecular flexibility index (Phi) is 4.82. The van der Waals surface area contributed by atoms with Crippen molar-refractivity contribution in [2.45, 2.75) is 13.1 Å². The van der Waals surface area contributed by atoms with Crippen LogP contribution in [0.5, 0.6) is 0 Å². The molecule has 8 nitrogen and oxygen atoms in total. The zero-order valence-electron chi connectivity index (χ0n) is 14.3. The van der Waals surface area contributed by atoms with E-state index in [1.807, 2.05) is 0 Å². The number of nitro groups is 1. The lowest BCUT2D eigenvalue weighted by Crippen LogP contribution is -2.16. The molecule has 1 N–H and O–H groups in total. The molecule has 0 aliphatic heterocycles. The third-order valence-corrected chi connectivity index (χ3v) is 3.80. The van der Waals surface area contributed by atoms with Gasteiger partial charge in [0.15, 0.2) is 5.69 Å². The van der Waals surface area contributed by atoms with Gasteiger partial charge in [0.1, 0.15) is 5.69 Å². The monoisotopic (exact) mass is 391 g/mol. The van der Waals surface area contributed by atoms with Crippen LogP contribution in [0.25, 0.3) is 5.69 Å². The van der Waals surface area contributed by atoms with Crippen molar-refractivity contribution in [2.75, 3.05) is 0 Å². The smallest absolute Gasteiger partial charge is 0.293 e. The minimum atomic E-state index is -4.75. The Labute approximate surface area is 155 Å². The maximum atomic E-state index is 12.8. The lowest BCUT2D eigenvalue weighted by molar-refractivity contribution is -0.384. The number of azo groups is 1. The summed E-state index contributed by atoms with van der Waals surface area (Å²) in [4.78, 5) is 22.9. The van der Waals surface area contributed by atoms with E-state index in [1.54, 1.807) is 30.3 Å². The summed E-state index contributed by atoms with van der Waals surface area (Å²) in [5.74, 6) is 0. The molecular weight excluding hydrogens is 379 g/mol. The van der Waals surface area contributed by atoms with Crippen molar-refractivity contribution in [3.8, 4) is 5.69 Å². The van der Waals surface area contributed by atoms with Crippen LogP contribution in [0.4, 0.5) is 30.2 Å². The number of hydrogen-bond donors (Lipinski definition) is 1. The molecule has 28 heavy (non-hydrogen) atoms. The van der Waals surface area contributed by atoms with Crippen molar-refractivity contribution in [2.24, 2.45) is 10.2 Å². The summed E-state index contributed by atoms with van der Waals surface area (Å²) in [5, 5.41) is 21.6. The first-order valence-corrected chi connectivity index (χ1v) is 7.83. The fraction of sp³-hybridized carbons (Fsp3) is 0.118. The minimum Gasteiger partial charge on any atom is -0.293 e. The molecule has 0 unspecified atom stereocenters. The maximum absolute atomic E-state index is 12.8. The van der Waals surface area contributed by atoms with Gasteiger partial charge in [-0.25, -0.2) is 4.68 Å². The molecule has 144 valence electrons. The summed E-state index contributed by atoms with van der Waals surface area (Å²) in [6.45, 7) is 1.49. The number of aryl methyl sites for hydroxylation is 1. The van der Waals surface area contributed by atoms with Gasteiger partial charge in [-0.05, 0) is 31.2 Å². The second-order valence-electron chi connectivity index (χ2n) is 5.72. The van der Waals surface area contributed by atoms with Crippen LogP contribution in [0.3, 0.4) is 0 Å². The van der Waals surface area contributed by atoms with E-state index in [-0.39, 0.29) is 17.1 Å². The molecule has 2 aromatic carbocycles. The average molecular weight is 391 g/mol. The summed E-state index contributed by atoms with van der Waals surface area (Å²) in [6, 6.07) is 10.4. The lowest BCUT2D eigenvalue weighted by atomic mass is 10.1. The number of aromatic nitrogens is 2. The number of nitro benzene ring substituents is 1. The van der Waals surface area contributed by atoms with Crippen LogP contribution in [0.15, 0.2) is 63.6 Å². The molecule has 0 spiro atoms. The first-order valence-electron chi connectivity index (χ1n) is 7.83. The summed E-state index contributed by atoms with van der Waals surface area (Å²) >= 11 is 0. The summed E-state index contributed by atoms with van der Waals surface area (Å²) in [7, 11) is 0. The zero-order chi connectivity index (χ0) is 20.5. The van der Waals surface area contributed by atoms with Gasteiger partial charge in [0.25, 0.3) is 11.2 Å². The van der Waals surface area contributed by atoms with Crippen molar-refractivity contribution >= 4 is 17.1 Å². The Morgan fingerprint density at radius 3 is 2.39 bits per heavy atom. The van der Waals surface area contributed by atoms with Crippen molar-refractivity contribution in [3.05, 3.63) is 80.3 Å². The van der Waals surface area contributed by atoms with Crippen LogP contribution >= 0.6 is 0 Å². The molecular formula is C17H12F3N5O3. The number of nitrogens with zero attached hydrogens (tertiary/aromatic N) is 4. The summed E-state index contributed by atoms with van der Waals surface area (Å²) < 4.78 is 39.3. The quantitative estimate of drug-likeness (QED) is 0.392. The van der Waals surface area contributed by atoms with Crippen molar-refractivity contribution in [3.63, 3.8) is 0 Å². The van der Waals surface area contributed by atoms with E-state index in [0.717, 1.165) is 10.7 Å². The van der Waals surface area contributed by atoms with Gasteiger partial charge >= 0.3 is 6.18 Å². The molecule has 0 atom stereocenters. The van der Waals surface area contributed by atoms with E-state index in [0.29, 0.717) is 17.8 Å². The van der Waals surface area contributed by atoms with Gasteiger partial charge in [0.2, 0.25) is 0 Å². The van der Waals surface area contributed by atoms with Crippen LogP contribution in [0.1, 0.15) is 11.3 Å². The average Bonchev–Trinajstić information content (AvgIpc) is 2.93. The second-order valence-corrected chi connectivity index (χ2v) is 5.72. The normalized spacial score (nSPS) is 11.9. The van der Waals surface area contributed by atoms with E-state index in [9.17, 15) is 28.1 Å². The number of nitrogens with one attached hydrogen (secondary N) is 1. The fourth-order valence-electron chi connectivity index (χ4n) is 2.46. The Balaban J connectivity index is 2.09. The molecule has 11 heteroatoms. The van der Waals surface area contributed by atoms with Gasteiger partial charge < -0.3 is 0 Å². The molecule has 0 aliphatic carbocycles. The van der Waals surface area contributed by atoms with Gasteiger partial charge in [-0.2, -0.15) is 18.3 Å². The predicted octanol–water partition coefficient (Wildman–Crippen LogP) is 4.82. The van der Waals surface area contributed by atoms with Crippen molar-refractivity contribution < 1.29 is 18.1 Å². The van der Waals surface area contributed by atoms with E-state index < -0.39 is 27.9 Å². The van der Waals surface area contributed by atoms with E-state index in [4.69, 9.17) is 0 Å². The Morgan fingerprint density at radius 1 is 1.11 bits per heavy atom. The number of rotatable bonds is 4. The number of hydrogen-bond acceptors (Lipinski definition) is 5. The van der Waals surface area contributed by atoms with Crippen LogP contribution in [-0.4, -0.2) is 14.7 Å². The molecule has 3 rings (SSSR count). The fourth-order valence-corrected chi connectivity index (χ4v) is 2.46.